The SMILES string of the molecule is CNCc1cc(OC(C)C(F)(F)F)ccn1. The van der Waals surface area contributed by atoms with Gasteiger partial charge in [-0.3, -0.25) is 4.98 Å². The van der Waals surface area contributed by atoms with E-state index in [1.165, 1.54) is 18.3 Å². The summed E-state index contributed by atoms with van der Waals surface area (Å²) in [5, 5.41) is 2.85. The van der Waals surface area contributed by atoms with Crippen LogP contribution in [0.5, 0.6) is 5.75 Å². The van der Waals surface area contributed by atoms with Crippen LogP contribution in [-0.2, 0) is 6.54 Å². The van der Waals surface area contributed by atoms with E-state index in [-0.39, 0.29) is 5.75 Å². The van der Waals surface area contributed by atoms with E-state index in [1.54, 1.807) is 7.05 Å². The number of nitrogens with one attached hydrogen (secondary N) is 1. The van der Waals surface area contributed by atoms with Crippen molar-refractivity contribution in [2.45, 2.75) is 25.7 Å². The highest BCUT2D eigenvalue weighted by atomic mass is 19.4. The standard InChI is InChI=1S/C10H13F3N2O/c1-7(10(11,12)13)16-9-3-4-15-8(5-9)6-14-2/h3-5,7,14H,6H2,1-2H3. The molecular weight excluding hydrogens is 221 g/mol. The van der Waals surface area contributed by atoms with E-state index in [0.717, 1.165) is 6.92 Å². The first-order valence-corrected chi connectivity index (χ1v) is 4.76. The Morgan fingerprint density at radius 1 is 1.50 bits per heavy atom. The highest BCUT2D eigenvalue weighted by Gasteiger charge is 2.38. The maximum atomic E-state index is 12.2. The molecule has 1 aromatic rings. The molecule has 0 spiro atoms. The van der Waals surface area contributed by atoms with Crippen molar-refractivity contribution in [3.05, 3.63) is 24.0 Å². The molecule has 0 aliphatic carbocycles. The lowest BCUT2D eigenvalue weighted by molar-refractivity contribution is -0.189. The van der Waals surface area contributed by atoms with E-state index in [0.29, 0.717) is 12.2 Å². The van der Waals surface area contributed by atoms with Gasteiger partial charge in [0, 0.05) is 18.8 Å². The summed E-state index contributed by atoms with van der Waals surface area (Å²) in [6, 6.07) is 2.89. The van der Waals surface area contributed by atoms with Crippen molar-refractivity contribution >= 4 is 0 Å². The highest BCUT2D eigenvalue weighted by molar-refractivity contribution is 5.22. The number of ether oxygens (including phenoxy) is 1. The number of alkyl halides is 3. The molecule has 1 heterocycles. The Hall–Kier alpha value is -1.30. The third-order valence-electron chi connectivity index (χ3n) is 1.92. The summed E-state index contributed by atoms with van der Waals surface area (Å²) in [5.41, 5.74) is 0.634. The molecule has 0 aliphatic rings. The van der Waals surface area contributed by atoms with Gasteiger partial charge in [0.15, 0.2) is 6.10 Å². The van der Waals surface area contributed by atoms with Gasteiger partial charge in [-0.05, 0) is 20.0 Å². The van der Waals surface area contributed by atoms with Gasteiger partial charge in [0.2, 0.25) is 0 Å². The van der Waals surface area contributed by atoms with E-state index < -0.39 is 12.3 Å². The Morgan fingerprint density at radius 2 is 2.19 bits per heavy atom. The first-order valence-electron chi connectivity index (χ1n) is 4.76. The topological polar surface area (TPSA) is 34.1 Å². The fourth-order valence-corrected chi connectivity index (χ4v) is 1.08. The zero-order valence-electron chi connectivity index (χ0n) is 9.01. The predicted octanol–water partition coefficient (Wildman–Crippen LogP) is 2.13. The average Bonchev–Trinajstić information content (AvgIpc) is 2.17. The molecule has 0 saturated heterocycles. The molecule has 6 heteroatoms. The van der Waals surface area contributed by atoms with Gasteiger partial charge in [0.05, 0.1) is 5.69 Å². The molecule has 0 aromatic carbocycles. The van der Waals surface area contributed by atoms with Crippen LogP contribution < -0.4 is 10.1 Å². The largest absolute Gasteiger partial charge is 0.481 e. The van der Waals surface area contributed by atoms with Crippen LogP contribution in [0.15, 0.2) is 18.3 Å². The quantitative estimate of drug-likeness (QED) is 0.866. The van der Waals surface area contributed by atoms with E-state index >= 15 is 0 Å². The van der Waals surface area contributed by atoms with Crippen LogP contribution in [0.25, 0.3) is 0 Å². The molecule has 1 unspecified atom stereocenters. The van der Waals surface area contributed by atoms with Crippen molar-refractivity contribution < 1.29 is 17.9 Å². The number of nitrogens with zero attached hydrogens (tertiary/aromatic N) is 1. The molecular formula is C10H13F3N2O. The number of aromatic nitrogens is 1. The summed E-state index contributed by atoms with van der Waals surface area (Å²) in [4.78, 5) is 3.97. The number of pyridine rings is 1. The molecule has 0 fully saturated rings. The number of hydrogen-bond donors (Lipinski definition) is 1. The summed E-state index contributed by atoms with van der Waals surface area (Å²) < 4.78 is 41.5. The van der Waals surface area contributed by atoms with Gasteiger partial charge < -0.3 is 10.1 Å². The first-order chi connectivity index (χ1) is 7.43. The summed E-state index contributed by atoms with van der Waals surface area (Å²) in [6.45, 7) is 1.45. The highest BCUT2D eigenvalue weighted by Crippen LogP contribution is 2.24. The molecule has 1 rings (SSSR count). The van der Waals surface area contributed by atoms with Crippen LogP contribution in [0.3, 0.4) is 0 Å². The molecule has 3 nitrogen and oxygen atoms in total. The Balaban J connectivity index is 2.70. The van der Waals surface area contributed by atoms with E-state index in [9.17, 15) is 13.2 Å². The molecule has 1 atom stereocenters. The second kappa shape index (κ2) is 5.16. The molecule has 1 N–H and O–H groups in total. The monoisotopic (exact) mass is 234 g/mol. The molecule has 16 heavy (non-hydrogen) atoms. The Bertz CT molecular complexity index is 341. The minimum atomic E-state index is -4.35. The fourth-order valence-electron chi connectivity index (χ4n) is 1.08. The van der Waals surface area contributed by atoms with E-state index in [2.05, 4.69) is 10.3 Å². The van der Waals surface area contributed by atoms with Crippen molar-refractivity contribution in [2.24, 2.45) is 0 Å². The zero-order chi connectivity index (χ0) is 12.2. The van der Waals surface area contributed by atoms with Gasteiger partial charge in [0.25, 0.3) is 0 Å². The number of hydrogen-bond acceptors (Lipinski definition) is 3. The number of halogens is 3. The Labute approximate surface area is 91.6 Å². The lowest BCUT2D eigenvalue weighted by atomic mass is 10.3. The van der Waals surface area contributed by atoms with Gasteiger partial charge in [-0.15, -0.1) is 0 Å². The molecule has 0 radical (unpaired) electrons. The van der Waals surface area contributed by atoms with Crippen molar-refractivity contribution in [1.29, 1.82) is 0 Å². The van der Waals surface area contributed by atoms with Gasteiger partial charge in [-0.2, -0.15) is 13.2 Å². The van der Waals surface area contributed by atoms with Crippen LogP contribution in [0.1, 0.15) is 12.6 Å². The molecule has 0 amide bonds. The van der Waals surface area contributed by atoms with Crippen LogP contribution in [0.2, 0.25) is 0 Å². The molecule has 0 saturated carbocycles. The predicted molar refractivity (Wildman–Crippen MR) is 53.1 cm³/mol. The summed E-state index contributed by atoms with van der Waals surface area (Å²) in [7, 11) is 1.73. The third-order valence-corrected chi connectivity index (χ3v) is 1.92. The maximum absolute atomic E-state index is 12.2. The fraction of sp³-hybridized carbons (Fsp3) is 0.500. The molecule has 1 aromatic heterocycles. The zero-order valence-corrected chi connectivity index (χ0v) is 9.01. The third kappa shape index (κ3) is 3.69. The average molecular weight is 234 g/mol. The van der Waals surface area contributed by atoms with Crippen molar-refractivity contribution in [3.63, 3.8) is 0 Å². The maximum Gasteiger partial charge on any atom is 0.425 e. The van der Waals surface area contributed by atoms with Crippen LogP contribution in [-0.4, -0.2) is 24.3 Å². The molecule has 0 bridgehead atoms. The minimum Gasteiger partial charge on any atom is -0.481 e. The van der Waals surface area contributed by atoms with E-state index in [4.69, 9.17) is 4.74 Å². The van der Waals surface area contributed by atoms with Gasteiger partial charge in [-0.25, -0.2) is 0 Å². The molecule has 90 valence electrons. The van der Waals surface area contributed by atoms with Crippen molar-refractivity contribution in [2.75, 3.05) is 7.05 Å². The summed E-state index contributed by atoms with van der Waals surface area (Å²) in [5.74, 6) is 0.171. The molecule has 0 aliphatic heterocycles. The lowest BCUT2D eigenvalue weighted by Crippen LogP contribution is -2.31. The van der Waals surface area contributed by atoms with E-state index in [1.807, 2.05) is 0 Å². The summed E-state index contributed by atoms with van der Waals surface area (Å²) in [6.07, 6.45) is -4.75. The second-order valence-electron chi connectivity index (χ2n) is 3.31. The van der Waals surface area contributed by atoms with Crippen LogP contribution >= 0.6 is 0 Å². The van der Waals surface area contributed by atoms with Gasteiger partial charge >= 0.3 is 6.18 Å². The minimum absolute atomic E-state index is 0.171. The van der Waals surface area contributed by atoms with Crippen LogP contribution in [0.4, 0.5) is 13.2 Å². The van der Waals surface area contributed by atoms with Crippen molar-refractivity contribution in [1.82, 2.24) is 10.3 Å². The lowest BCUT2D eigenvalue weighted by Gasteiger charge is -2.17. The Morgan fingerprint density at radius 3 is 2.75 bits per heavy atom. The Kier molecular flexibility index (Phi) is 4.12. The number of rotatable bonds is 4. The van der Waals surface area contributed by atoms with Gasteiger partial charge in [-0.1, -0.05) is 0 Å². The van der Waals surface area contributed by atoms with Gasteiger partial charge in [0.1, 0.15) is 5.75 Å². The normalized spacial score (nSPS) is 13.6. The smallest absolute Gasteiger partial charge is 0.425 e. The second-order valence-corrected chi connectivity index (χ2v) is 3.31. The van der Waals surface area contributed by atoms with Crippen LogP contribution in [0, 0.1) is 0 Å². The summed E-state index contributed by atoms with van der Waals surface area (Å²) >= 11 is 0. The van der Waals surface area contributed by atoms with Crippen molar-refractivity contribution in [3.8, 4) is 5.75 Å². The first kappa shape index (κ1) is 12.8.